The van der Waals surface area contributed by atoms with Crippen LogP contribution in [-0.2, 0) is 17.1 Å². The van der Waals surface area contributed by atoms with Gasteiger partial charge in [0.2, 0.25) is 5.88 Å². The average molecular weight is 498 g/mol. The van der Waals surface area contributed by atoms with E-state index in [1.54, 1.807) is 6.92 Å². The maximum absolute atomic E-state index is 13.2. The van der Waals surface area contributed by atoms with Gasteiger partial charge in [0.05, 0.1) is 6.10 Å². The Labute approximate surface area is 205 Å². The summed E-state index contributed by atoms with van der Waals surface area (Å²) in [5.41, 5.74) is 6.27. The number of furan rings is 1. The third-order valence-corrected chi connectivity index (χ3v) is 5.33. The van der Waals surface area contributed by atoms with Crippen LogP contribution >= 0.6 is 11.6 Å². The Kier molecular flexibility index (Phi) is 10.5. The molecule has 0 atom stereocenters. The smallest absolute Gasteiger partial charge is 0.380 e. The number of pyridine rings is 1. The lowest BCUT2D eigenvalue weighted by molar-refractivity contribution is -0.145. The third-order valence-electron chi connectivity index (χ3n) is 5.22. The summed E-state index contributed by atoms with van der Waals surface area (Å²) in [4.78, 5) is 17.4. The molecule has 0 bridgehead atoms. The zero-order valence-corrected chi connectivity index (χ0v) is 21.0. The Morgan fingerprint density at radius 2 is 2.03 bits per heavy atom. The predicted molar refractivity (Wildman–Crippen MR) is 130 cm³/mol. The summed E-state index contributed by atoms with van der Waals surface area (Å²) in [6.07, 6.45) is 8.70. The molecule has 34 heavy (non-hydrogen) atoms. The number of alkyl halides is 2. The normalized spacial score (nSPS) is 14.8. The van der Waals surface area contributed by atoms with E-state index in [1.807, 2.05) is 26.1 Å². The van der Waals surface area contributed by atoms with Crippen LogP contribution in [0.1, 0.15) is 62.7 Å². The molecule has 188 valence electrons. The highest BCUT2D eigenvalue weighted by molar-refractivity contribution is 6.31. The molecule has 2 N–H and O–H groups in total. The second kappa shape index (κ2) is 12.9. The van der Waals surface area contributed by atoms with Crippen molar-refractivity contribution in [2.45, 2.75) is 65.4 Å². The summed E-state index contributed by atoms with van der Waals surface area (Å²) in [6.45, 7) is 10.9. The molecule has 0 aromatic carbocycles. The molecule has 0 unspecified atom stereocenters. The number of likely N-dealkylation sites (tertiary alicyclic amines) is 1. The Balaban J connectivity index is 0.000000242. The number of rotatable bonds is 9. The predicted octanol–water partition coefficient (Wildman–Crippen LogP) is 5.66. The number of carbonyl (C=O) groups is 1. The first-order valence-electron chi connectivity index (χ1n) is 11.5. The van der Waals surface area contributed by atoms with Gasteiger partial charge in [-0.25, -0.2) is 4.98 Å². The van der Waals surface area contributed by atoms with Crippen molar-refractivity contribution in [1.82, 2.24) is 9.88 Å². The van der Waals surface area contributed by atoms with Crippen LogP contribution in [0.25, 0.3) is 6.08 Å². The van der Waals surface area contributed by atoms with Crippen LogP contribution in [0.3, 0.4) is 0 Å². The van der Waals surface area contributed by atoms with Crippen LogP contribution in [0.4, 0.5) is 8.78 Å². The average Bonchev–Trinajstić information content (AvgIpc) is 3.39. The number of carbonyl (C=O) groups excluding carboxylic acids is 1. The molecule has 1 aliphatic rings. The fraction of sp³-hybridized carbons (Fsp3) is 0.520. The topological polar surface area (TPSA) is 81.6 Å². The van der Waals surface area contributed by atoms with Gasteiger partial charge in [-0.3, -0.25) is 4.79 Å². The van der Waals surface area contributed by atoms with Gasteiger partial charge in [0, 0.05) is 22.9 Å². The molecule has 0 saturated carbocycles. The van der Waals surface area contributed by atoms with Crippen LogP contribution in [-0.4, -0.2) is 41.5 Å². The standard InChI is InChI=1S/C15H24N2O.C10H10ClF2NO2/c1-13(2)18-15-8-7-14(12-16-15)6-5-11-17-9-3-4-10-17;1-5(11)3-7-4-8(16-6(7)2)10(12,13)9(14)15/h7-8,12-13H,3-6,9-11H2,1-2H3;3-4H,1-2H3,(H2,14,15)/b;5-3+. The molecular weight excluding hydrogens is 464 g/mol. The summed E-state index contributed by atoms with van der Waals surface area (Å²) in [5, 5.41) is 0.415. The van der Waals surface area contributed by atoms with Gasteiger partial charge in [0.15, 0.2) is 5.76 Å². The number of allylic oxidation sites excluding steroid dienone is 1. The first kappa shape index (κ1) is 27.8. The number of hydrogen-bond acceptors (Lipinski definition) is 5. The highest BCUT2D eigenvalue weighted by atomic mass is 35.5. The fourth-order valence-electron chi connectivity index (χ4n) is 3.51. The van der Waals surface area contributed by atoms with E-state index in [1.165, 1.54) is 57.5 Å². The fourth-order valence-corrected chi connectivity index (χ4v) is 3.63. The summed E-state index contributed by atoms with van der Waals surface area (Å²) < 4.78 is 36.7. The van der Waals surface area contributed by atoms with Gasteiger partial charge in [-0.2, -0.15) is 8.78 Å². The lowest BCUT2D eigenvalue weighted by Crippen LogP contribution is -2.32. The molecule has 3 heterocycles. The van der Waals surface area contributed by atoms with Gasteiger partial charge in [0.25, 0.3) is 5.91 Å². The maximum atomic E-state index is 13.2. The minimum Gasteiger partial charge on any atom is -0.475 e. The number of amides is 1. The summed E-state index contributed by atoms with van der Waals surface area (Å²) in [6, 6.07) is 5.16. The first-order chi connectivity index (χ1) is 16.0. The number of ether oxygens (including phenoxy) is 1. The van der Waals surface area contributed by atoms with Crippen LogP contribution < -0.4 is 10.5 Å². The molecule has 1 aliphatic heterocycles. The number of nitrogens with zero attached hydrogens (tertiary/aromatic N) is 2. The van der Waals surface area contributed by atoms with Crippen LogP contribution in [0.15, 0.2) is 33.8 Å². The number of aromatic nitrogens is 1. The van der Waals surface area contributed by atoms with Gasteiger partial charge in [0.1, 0.15) is 5.76 Å². The Morgan fingerprint density at radius 3 is 2.56 bits per heavy atom. The monoisotopic (exact) mass is 497 g/mol. The zero-order chi connectivity index (χ0) is 25.3. The largest absolute Gasteiger partial charge is 0.475 e. The van der Waals surface area contributed by atoms with Crippen molar-refractivity contribution in [2.75, 3.05) is 19.6 Å². The van der Waals surface area contributed by atoms with Crippen LogP contribution in [0.5, 0.6) is 5.88 Å². The molecule has 2 aromatic heterocycles. The van der Waals surface area contributed by atoms with E-state index in [0.29, 0.717) is 10.6 Å². The van der Waals surface area contributed by atoms with Gasteiger partial charge < -0.3 is 19.8 Å². The highest BCUT2D eigenvalue weighted by Crippen LogP contribution is 2.32. The second-order valence-corrected chi connectivity index (χ2v) is 9.21. The summed E-state index contributed by atoms with van der Waals surface area (Å²) in [5.74, 6) is -5.36. The molecule has 6 nitrogen and oxygen atoms in total. The molecule has 0 spiro atoms. The maximum Gasteiger partial charge on any atom is 0.380 e. The van der Waals surface area contributed by atoms with E-state index in [9.17, 15) is 13.6 Å². The van der Waals surface area contributed by atoms with Crippen molar-refractivity contribution >= 4 is 23.6 Å². The molecule has 1 fully saturated rings. The highest BCUT2D eigenvalue weighted by Gasteiger charge is 2.42. The molecule has 0 aliphatic carbocycles. The Hall–Kier alpha value is -2.45. The number of hydrogen-bond donors (Lipinski definition) is 1. The molecule has 1 amide bonds. The summed E-state index contributed by atoms with van der Waals surface area (Å²) in [7, 11) is 0. The molecule has 2 aromatic rings. The van der Waals surface area contributed by atoms with E-state index in [-0.39, 0.29) is 11.9 Å². The van der Waals surface area contributed by atoms with E-state index in [0.717, 1.165) is 18.4 Å². The van der Waals surface area contributed by atoms with E-state index in [2.05, 4.69) is 21.7 Å². The number of primary amides is 1. The lowest BCUT2D eigenvalue weighted by atomic mass is 10.1. The van der Waals surface area contributed by atoms with Crippen molar-refractivity contribution in [1.29, 1.82) is 0 Å². The van der Waals surface area contributed by atoms with Crippen molar-refractivity contribution in [3.8, 4) is 5.88 Å². The number of aryl methyl sites for hydroxylation is 2. The zero-order valence-electron chi connectivity index (χ0n) is 20.2. The van der Waals surface area contributed by atoms with Gasteiger partial charge in [-0.1, -0.05) is 17.7 Å². The van der Waals surface area contributed by atoms with Crippen LogP contribution in [0.2, 0.25) is 0 Å². The minimum atomic E-state index is -3.81. The van der Waals surface area contributed by atoms with Crippen molar-refractivity contribution in [3.05, 3.63) is 52.1 Å². The minimum absolute atomic E-state index is 0.193. The molecule has 1 saturated heterocycles. The Bertz CT molecular complexity index is 949. The summed E-state index contributed by atoms with van der Waals surface area (Å²) >= 11 is 5.61. The number of nitrogens with two attached hydrogens (primary N) is 1. The second-order valence-electron chi connectivity index (χ2n) is 8.62. The SMILES string of the molecule is C/C(Cl)=C\c1cc(C(F)(F)C(N)=O)oc1C.CC(C)Oc1ccc(CCCN2CCCC2)cn1. The van der Waals surface area contributed by atoms with Gasteiger partial charge in [-0.05, 0) is 90.7 Å². The van der Waals surface area contributed by atoms with E-state index >= 15 is 0 Å². The lowest BCUT2D eigenvalue weighted by Gasteiger charge is -2.14. The number of halogens is 3. The molecule has 3 rings (SSSR count). The van der Waals surface area contributed by atoms with Crippen molar-refractivity contribution in [3.63, 3.8) is 0 Å². The molecule has 0 radical (unpaired) electrons. The van der Waals surface area contributed by atoms with Crippen LogP contribution in [0, 0.1) is 6.92 Å². The van der Waals surface area contributed by atoms with Gasteiger partial charge >= 0.3 is 5.92 Å². The quantitative estimate of drug-likeness (QED) is 0.483. The van der Waals surface area contributed by atoms with Gasteiger partial charge in [-0.15, -0.1) is 0 Å². The van der Waals surface area contributed by atoms with E-state index in [4.69, 9.17) is 20.8 Å². The first-order valence-corrected chi connectivity index (χ1v) is 11.8. The third kappa shape index (κ3) is 8.72. The molecule has 9 heteroatoms. The van der Waals surface area contributed by atoms with Crippen molar-refractivity contribution in [2.24, 2.45) is 5.73 Å². The van der Waals surface area contributed by atoms with Crippen molar-refractivity contribution < 1.29 is 22.7 Å². The van der Waals surface area contributed by atoms with E-state index < -0.39 is 17.6 Å². The molecular formula is C25H34ClF2N3O3. The Morgan fingerprint density at radius 1 is 1.35 bits per heavy atom.